The molecule has 2 heteroatoms. The maximum absolute atomic E-state index is 11.4. The van der Waals surface area contributed by atoms with E-state index < -0.39 is 0 Å². The maximum atomic E-state index is 11.4. The zero-order valence-corrected chi connectivity index (χ0v) is 9.05. The first kappa shape index (κ1) is 9.85. The zero-order chi connectivity index (χ0) is 9.35. The molecule has 0 saturated carbocycles. The van der Waals surface area contributed by atoms with E-state index in [0.29, 0.717) is 5.78 Å². The van der Waals surface area contributed by atoms with Gasteiger partial charge in [-0.2, -0.15) is 0 Å². The molecule has 0 aliphatic heterocycles. The van der Waals surface area contributed by atoms with Gasteiger partial charge < -0.3 is 0 Å². The Morgan fingerprint density at radius 1 is 1.42 bits per heavy atom. The summed E-state index contributed by atoms with van der Waals surface area (Å²) in [6.07, 6.45) is 3.78. The Morgan fingerprint density at radius 3 is 2.42 bits per heavy atom. The number of hydrogen-bond donors (Lipinski definition) is 0. The van der Waals surface area contributed by atoms with E-state index in [0.717, 1.165) is 18.4 Å². The number of ketones is 1. The molecular weight excluding hydrogens is 168 g/mol. The van der Waals surface area contributed by atoms with Crippen molar-refractivity contribution >= 4 is 17.5 Å². The van der Waals surface area contributed by atoms with E-state index in [1.165, 1.54) is 4.91 Å². The van der Waals surface area contributed by atoms with Gasteiger partial charge in [0.05, 0.1) is 0 Å². The average molecular weight is 184 g/mol. The molecule has 1 aliphatic rings. The van der Waals surface area contributed by atoms with Crippen molar-refractivity contribution in [1.82, 2.24) is 0 Å². The number of Topliss-reactive ketones (excluding diaryl/α,β-unsaturated/α-hetero) is 1. The van der Waals surface area contributed by atoms with E-state index in [1.807, 2.05) is 6.92 Å². The van der Waals surface area contributed by atoms with Gasteiger partial charge in [-0.25, -0.2) is 0 Å². The molecule has 0 fully saturated rings. The number of rotatable bonds is 1. The van der Waals surface area contributed by atoms with Gasteiger partial charge in [0.25, 0.3) is 0 Å². The molecule has 0 spiro atoms. The number of allylic oxidation sites excluding steroid dienone is 2. The third-order valence-electron chi connectivity index (χ3n) is 2.55. The maximum Gasteiger partial charge on any atom is 0.159 e. The van der Waals surface area contributed by atoms with Gasteiger partial charge in [-0.05, 0) is 29.9 Å². The van der Waals surface area contributed by atoms with E-state index in [-0.39, 0.29) is 5.41 Å². The first-order valence-corrected chi connectivity index (χ1v) is 5.50. The van der Waals surface area contributed by atoms with E-state index in [1.54, 1.807) is 11.8 Å². The van der Waals surface area contributed by atoms with Gasteiger partial charge in [-0.15, -0.1) is 11.8 Å². The summed E-state index contributed by atoms with van der Waals surface area (Å²) < 4.78 is 0. The number of carbonyl (C=O) groups excluding carboxylic acids is 1. The monoisotopic (exact) mass is 184 g/mol. The van der Waals surface area contributed by atoms with Crippen molar-refractivity contribution in [2.24, 2.45) is 5.41 Å². The molecule has 0 radical (unpaired) electrons. The molecule has 0 amide bonds. The quantitative estimate of drug-likeness (QED) is 0.623. The third kappa shape index (κ3) is 1.58. The van der Waals surface area contributed by atoms with Crippen molar-refractivity contribution < 1.29 is 4.79 Å². The fraction of sp³-hybridized carbons (Fsp3) is 0.700. The van der Waals surface area contributed by atoms with Crippen molar-refractivity contribution in [3.63, 3.8) is 0 Å². The van der Waals surface area contributed by atoms with Crippen LogP contribution < -0.4 is 0 Å². The highest BCUT2D eigenvalue weighted by molar-refractivity contribution is 8.02. The summed E-state index contributed by atoms with van der Waals surface area (Å²) in [6.45, 7) is 6.39. The molecule has 0 N–H and O–H groups in total. The Labute approximate surface area is 78.6 Å². The predicted molar refractivity (Wildman–Crippen MR) is 54.2 cm³/mol. The molecule has 0 bridgehead atoms. The summed E-state index contributed by atoms with van der Waals surface area (Å²) in [6, 6.07) is 0. The average Bonchev–Trinajstić information content (AvgIpc) is 1.99. The highest BCUT2D eigenvalue weighted by atomic mass is 32.2. The summed E-state index contributed by atoms with van der Waals surface area (Å²) in [4.78, 5) is 12.7. The molecule has 12 heavy (non-hydrogen) atoms. The molecular formula is C10H16OS. The highest BCUT2D eigenvalue weighted by Gasteiger charge is 2.31. The van der Waals surface area contributed by atoms with Crippen LogP contribution in [-0.2, 0) is 4.79 Å². The van der Waals surface area contributed by atoms with Crippen molar-refractivity contribution in [1.29, 1.82) is 0 Å². The summed E-state index contributed by atoms with van der Waals surface area (Å²) in [5.74, 6) is 0.332. The number of hydrogen-bond acceptors (Lipinski definition) is 2. The molecule has 68 valence electrons. The minimum atomic E-state index is 0.220. The van der Waals surface area contributed by atoms with Crippen LogP contribution in [0.3, 0.4) is 0 Å². The van der Waals surface area contributed by atoms with Crippen molar-refractivity contribution in [2.75, 3.05) is 6.26 Å². The topological polar surface area (TPSA) is 17.1 Å². The van der Waals surface area contributed by atoms with Gasteiger partial charge in [0, 0.05) is 12.0 Å². The molecule has 0 aromatic carbocycles. The molecule has 0 aromatic rings. The third-order valence-corrected chi connectivity index (χ3v) is 3.82. The van der Waals surface area contributed by atoms with Gasteiger partial charge in [0.1, 0.15) is 0 Å². The lowest BCUT2D eigenvalue weighted by Crippen LogP contribution is -2.23. The van der Waals surface area contributed by atoms with Crippen LogP contribution >= 0.6 is 11.8 Å². The summed E-state index contributed by atoms with van der Waals surface area (Å²) in [5, 5.41) is 0. The molecule has 0 saturated heterocycles. The smallest absolute Gasteiger partial charge is 0.159 e. The van der Waals surface area contributed by atoms with Crippen LogP contribution in [0.1, 0.15) is 33.6 Å². The predicted octanol–water partition coefficient (Wildman–Crippen LogP) is 3.01. The standard InChI is InChI=1S/C10H16OS/c1-7-8(11)5-6-10(2,3)9(7)12-4/h5-6H2,1-4H3. The van der Waals surface area contributed by atoms with Crippen LogP contribution in [0.15, 0.2) is 10.5 Å². The van der Waals surface area contributed by atoms with E-state index in [2.05, 4.69) is 20.1 Å². The Balaban J connectivity index is 3.09. The van der Waals surface area contributed by atoms with Crippen LogP contribution in [0.4, 0.5) is 0 Å². The summed E-state index contributed by atoms with van der Waals surface area (Å²) in [5.41, 5.74) is 1.20. The van der Waals surface area contributed by atoms with Crippen LogP contribution in [0.25, 0.3) is 0 Å². The van der Waals surface area contributed by atoms with Gasteiger partial charge >= 0.3 is 0 Å². The lowest BCUT2D eigenvalue weighted by Gasteiger charge is -2.32. The minimum Gasteiger partial charge on any atom is -0.295 e. The summed E-state index contributed by atoms with van der Waals surface area (Å²) >= 11 is 1.72. The second kappa shape index (κ2) is 3.25. The van der Waals surface area contributed by atoms with Gasteiger partial charge in [0.2, 0.25) is 0 Å². The van der Waals surface area contributed by atoms with E-state index >= 15 is 0 Å². The van der Waals surface area contributed by atoms with Crippen LogP contribution in [-0.4, -0.2) is 12.0 Å². The lowest BCUT2D eigenvalue weighted by molar-refractivity contribution is -0.116. The fourth-order valence-electron chi connectivity index (χ4n) is 1.79. The van der Waals surface area contributed by atoms with Crippen LogP contribution in [0, 0.1) is 5.41 Å². The number of carbonyl (C=O) groups is 1. The molecule has 0 atom stereocenters. The Morgan fingerprint density at radius 2 is 2.00 bits per heavy atom. The SMILES string of the molecule is CSC1=C(C)C(=O)CCC1(C)C. The van der Waals surface area contributed by atoms with E-state index in [4.69, 9.17) is 0 Å². The van der Waals surface area contributed by atoms with Crippen molar-refractivity contribution in [3.05, 3.63) is 10.5 Å². The van der Waals surface area contributed by atoms with Crippen molar-refractivity contribution in [2.45, 2.75) is 33.6 Å². The van der Waals surface area contributed by atoms with Gasteiger partial charge in [0.15, 0.2) is 5.78 Å². The number of thioether (sulfide) groups is 1. The first-order valence-electron chi connectivity index (χ1n) is 4.27. The van der Waals surface area contributed by atoms with Crippen molar-refractivity contribution in [3.8, 4) is 0 Å². The normalized spacial score (nSPS) is 23.2. The Bertz CT molecular complexity index is 238. The van der Waals surface area contributed by atoms with Crippen LogP contribution in [0.5, 0.6) is 0 Å². The van der Waals surface area contributed by atoms with E-state index in [9.17, 15) is 4.79 Å². The second-order valence-electron chi connectivity index (χ2n) is 3.97. The zero-order valence-electron chi connectivity index (χ0n) is 8.23. The molecule has 0 unspecified atom stereocenters. The van der Waals surface area contributed by atoms with Gasteiger partial charge in [-0.1, -0.05) is 13.8 Å². The molecule has 0 aromatic heterocycles. The largest absolute Gasteiger partial charge is 0.295 e. The Hall–Kier alpha value is -0.240. The first-order chi connectivity index (χ1) is 5.49. The lowest BCUT2D eigenvalue weighted by atomic mass is 9.79. The van der Waals surface area contributed by atoms with Crippen LogP contribution in [0.2, 0.25) is 0 Å². The second-order valence-corrected chi connectivity index (χ2v) is 4.78. The van der Waals surface area contributed by atoms with Gasteiger partial charge in [-0.3, -0.25) is 4.79 Å². The Kier molecular flexibility index (Phi) is 2.67. The molecule has 1 nitrogen and oxygen atoms in total. The highest BCUT2D eigenvalue weighted by Crippen LogP contribution is 2.43. The minimum absolute atomic E-state index is 0.220. The summed E-state index contributed by atoms with van der Waals surface area (Å²) in [7, 11) is 0. The molecule has 0 heterocycles. The molecule has 1 rings (SSSR count). The molecule has 1 aliphatic carbocycles. The fourth-order valence-corrected chi connectivity index (χ4v) is 2.87.